The van der Waals surface area contributed by atoms with Crippen molar-refractivity contribution in [1.29, 1.82) is 0 Å². The van der Waals surface area contributed by atoms with Gasteiger partial charge >= 0.3 is 0 Å². The van der Waals surface area contributed by atoms with Crippen molar-refractivity contribution >= 4 is 38.3 Å². The summed E-state index contributed by atoms with van der Waals surface area (Å²) in [7, 11) is 1.62. The monoisotopic (exact) mass is 445 g/mol. The van der Waals surface area contributed by atoms with Gasteiger partial charge in [0.05, 0.1) is 19.2 Å². The largest absolute Gasteiger partial charge is 0.497 e. The van der Waals surface area contributed by atoms with E-state index in [1.54, 1.807) is 24.4 Å². The second-order valence-electron chi connectivity index (χ2n) is 5.87. The Labute approximate surface area is 171 Å². The maximum absolute atomic E-state index is 13.0. The van der Waals surface area contributed by atoms with Crippen LogP contribution in [0.25, 0.3) is 11.3 Å². The molecule has 0 aliphatic carbocycles. The molecule has 0 aliphatic heterocycles. The molecule has 27 heavy (non-hydrogen) atoms. The highest BCUT2D eigenvalue weighted by molar-refractivity contribution is 9.09. The third-order valence-electron chi connectivity index (χ3n) is 4.00. The Kier molecular flexibility index (Phi) is 6.95. The minimum Gasteiger partial charge on any atom is -0.497 e. The molecule has 1 amide bonds. The number of halogens is 1. The summed E-state index contributed by atoms with van der Waals surface area (Å²) in [5, 5.41) is 3.53. The Morgan fingerprint density at radius 3 is 2.81 bits per heavy atom. The van der Waals surface area contributed by atoms with Crippen molar-refractivity contribution in [2.75, 3.05) is 23.9 Å². The van der Waals surface area contributed by atoms with E-state index in [0.717, 1.165) is 39.5 Å². The van der Waals surface area contributed by atoms with Gasteiger partial charge in [-0.1, -0.05) is 28.1 Å². The minimum atomic E-state index is 0.0276. The van der Waals surface area contributed by atoms with Crippen LogP contribution in [0.4, 0.5) is 5.13 Å². The lowest BCUT2D eigenvalue weighted by atomic mass is 10.1. The molecule has 0 spiro atoms. The highest BCUT2D eigenvalue weighted by Gasteiger charge is 2.19. The van der Waals surface area contributed by atoms with Crippen LogP contribution in [0.5, 0.6) is 5.75 Å². The van der Waals surface area contributed by atoms with E-state index < -0.39 is 0 Å². The Morgan fingerprint density at radius 2 is 2.07 bits per heavy atom. The van der Waals surface area contributed by atoms with Crippen LogP contribution in [0.1, 0.15) is 12.0 Å². The number of carbonyl (C=O) groups excluding carboxylic acids is 1. The second kappa shape index (κ2) is 9.62. The number of hydrogen-bond donors (Lipinski definition) is 0. The first kappa shape index (κ1) is 19.5. The average Bonchev–Trinajstić information content (AvgIpc) is 3.19. The van der Waals surface area contributed by atoms with Crippen LogP contribution in [-0.2, 0) is 11.2 Å². The topological polar surface area (TPSA) is 55.3 Å². The molecule has 7 heteroatoms. The number of pyridine rings is 1. The molecule has 0 unspecified atom stereocenters. The fraction of sp³-hybridized carbons (Fsp3) is 0.250. The van der Waals surface area contributed by atoms with Gasteiger partial charge in [0.25, 0.3) is 0 Å². The highest BCUT2D eigenvalue weighted by Crippen LogP contribution is 2.28. The van der Waals surface area contributed by atoms with Crippen molar-refractivity contribution in [2.24, 2.45) is 0 Å². The first-order valence-corrected chi connectivity index (χ1v) is 10.6. The van der Waals surface area contributed by atoms with Crippen LogP contribution in [0.2, 0.25) is 0 Å². The molecule has 0 bridgehead atoms. The van der Waals surface area contributed by atoms with Gasteiger partial charge in [-0.25, -0.2) is 4.98 Å². The number of thiazole rings is 1. The van der Waals surface area contributed by atoms with Crippen LogP contribution in [0, 0.1) is 0 Å². The smallest absolute Gasteiger partial charge is 0.233 e. The molecular formula is C20H20BrN3O2S. The molecule has 0 radical (unpaired) electrons. The number of hydrogen-bond acceptors (Lipinski definition) is 5. The molecule has 140 valence electrons. The van der Waals surface area contributed by atoms with Crippen LogP contribution in [0.3, 0.4) is 0 Å². The minimum absolute atomic E-state index is 0.0276. The van der Waals surface area contributed by atoms with Crippen LogP contribution >= 0.6 is 27.3 Å². The van der Waals surface area contributed by atoms with Gasteiger partial charge in [0.1, 0.15) is 5.75 Å². The lowest BCUT2D eigenvalue weighted by molar-refractivity contribution is -0.118. The van der Waals surface area contributed by atoms with Crippen molar-refractivity contribution in [3.05, 3.63) is 59.7 Å². The number of nitrogens with zero attached hydrogens (tertiary/aromatic N) is 3. The second-order valence-corrected chi connectivity index (χ2v) is 7.50. The van der Waals surface area contributed by atoms with Gasteiger partial charge in [-0.3, -0.25) is 14.7 Å². The third-order valence-corrected chi connectivity index (χ3v) is 5.43. The van der Waals surface area contributed by atoms with E-state index in [1.807, 2.05) is 41.8 Å². The molecule has 0 aliphatic rings. The van der Waals surface area contributed by atoms with E-state index in [4.69, 9.17) is 4.74 Å². The van der Waals surface area contributed by atoms with Gasteiger partial charge < -0.3 is 4.74 Å². The van der Waals surface area contributed by atoms with Crippen molar-refractivity contribution in [3.63, 3.8) is 0 Å². The number of aromatic nitrogens is 2. The summed E-state index contributed by atoms with van der Waals surface area (Å²) in [6.45, 7) is 0.622. The quantitative estimate of drug-likeness (QED) is 0.476. The number of rotatable bonds is 8. The predicted octanol–water partition coefficient (Wildman–Crippen LogP) is 4.57. The zero-order chi connectivity index (χ0) is 19.1. The van der Waals surface area contributed by atoms with Crippen molar-refractivity contribution in [1.82, 2.24) is 9.97 Å². The Morgan fingerprint density at radius 1 is 1.26 bits per heavy atom. The van der Waals surface area contributed by atoms with E-state index >= 15 is 0 Å². The summed E-state index contributed by atoms with van der Waals surface area (Å²) in [5.41, 5.74) is 2.78. The molecule has 0 fully saturated rings. The first-order chi connectivity index (χ1) is 13.2. The summed E-state index contributed by atoms with van der Waals surface area (Å²) < 4.78 is 5.25. The van der Waals surface area contributed by atoms with E-state index in [0.29, 0.717) is 13.0 Å². The van der Waals surface area contributed by atoms with Crippen molar-refractivity contribution in [2.45, 2.75) is 12.8 Å². The molecular weight excluding hydrogens is 426 g/mol. The average molecular weight is 446 g/mol. The Balaban J connectivity index is 1.80. The van der Waals surface area contributed by atoms with Gasteiger partial charge in [0.2, 0.25) is 5.91 Å². The zero-order valence-corrected chi connectivity index (χ0v) is 17.4. The van der Waals surface area contributed by atoms with Gasteiger partial charge in [0, 0.05) is 35.2 Å². The molecule has 0 saturated heterocycles. The van der Waals surface area contributed by atoms with Gasteiger partial charge in [0.15, 0.2) is 5.13 Å². The summed E-state index contributed by atoms with van der Waals surface area (Å²) in [6, 6.07) is 11.4. The Hall–Kier alpha value is -2.25. The lowest BCUT2D eigenvalue weighted by Gasteiger charge is -2.19. The van der Waals surface area contributed by atoms with Crippen LogP contribution in [-0.4, -0.2) is 34.9 Å². The van der Waals surface area contributed by atoms with Gasteiger partial charge in [-0.2, -0.15) is 0 Å². The van der Waals surface area contributed by atoms with Gasteiger partial charge in [-0.15, -0.1) is 11.3 Å². The SMILES string of the molecule is COc1cccc(CC(=O)N(CCCBr)c2nc(-c3ccncc3)cs2)c1. The summed E-state index contributed by atoms with van der Waals surface area (Å²) in [4.78, 5) is 23.5. The molecule has 3 rings (SSSR count). The summed E-state index contributed by atoms with van der Waals surface area (Å²) in [5.74, 6) is 0.779. The number of alkyl halides is 1. The van der Waals surface area contributed by atoms with Crippen molar-refractivity contribution < 1.29 is 9.53 Å². The third kappa shape index (κ3) is 5.14. The highest BCUT2D eigenvalue weighted by atomic mass is 79.9. The normalized spacial score (nSPS) is 10.6. The molecule has 2 heterocycles. The summed E-state index contributed by atoms with van der Waals surface area (Å²) >= 11 is 4.93. The number of methoxy groups -OCH3 is 1. The number of benzene rings is 1. The first-order valence-electron chi connectivity index (χ1n) is 8.56. The van der Waals surface area contributed by atoms with Crippen LogP contribution < -0.4 is 9.64 Å². The molecule has 0 N–H and O–H groups in total. The number of amides is 1. The molecule has 2 aromatic heterocycles. The molecule has 0 atom stereocenters. The van der Waals surface area contributed by atoms with Crippen molar-refractivity contribution in [3.8, 4) is 17.0 Å². The predicted molar refractivity (Wildman–Crippen MR) is 113 cm³/mol. The number of anilines is 1. The fourth-order valence-electron chi connectivity index (χ4n) is 2.64. The van der Waals surface area contributed by atoms with E-state index in [9.17, 15) is 4.79 Å². The van der Waals surface area contributed by atoms with Gasteiger partial charge in [-0.05, 0) is 36.2 Å². The lowest BCUT2D eigenvalue weighted by Crippen LogP contribution is -2.33. The number of carbonyl (C=O) groups is 1. The van der Waals surface area contributed by atoms with Crippen LogP contribution in [0.15, 0.2) is 54.2 Å². The fourth-order valence-corrected chi connectivity index (χ4v) is 3.77. The molecule has 0 saturated carbocycles. The Bertz CT molecular complexity index is 886. The summed E-state index contributed by atoms with van der Waals surface area (Å²) in [6.07, 6.45) is 4.65. The van der Waals surface area contributed by atoms with E-state index in [2.05, 4.69) is 25.9 Å². The van der Waals surface area contributed by atoms with E-state index in [-0.39, 0.29) is 5.91 Å². The molecule has 5 nitrogen and oxygen atoms in total. The molecule has 3 aromatic rings. The maximum atomic E-state index is 13.0. The molecule has 1 aromatic carbocycles. The van der Waals surface area contributed by atoms with E-state index in [1.165, 1.54) is 11.3 Å². The standard InChI is InChI=1S/C20H20BrN3O2S/c1-26-17-5-2-4-15(12-17)13-19(25)24(11-3-8-21)20-23-18(14-27-20)16-6-9-22-10-7-16/h2,4-7,9-10,12,14H,3,8,11,13H2,1H3. The maximum Gasteiger partial charge on any atom is 0.233 e. The zero-order valence-electron chi connectivity index (χ0n) is 15.0. The number of ether oxygens (including phenoxy) is 1.